The number of benzene rings is 2. The van der Waals surface area contributed by atoms with Crippen LogP contribution in [0.15, 0.2) is 60.1 Å². The summed E-state index contributed by atoms with van der Waals surface area (Å²) in [6.45, 7) is 0. The van der Waals surface area contributed by atoms with Gasteiger partial charge < -0.3 is 33.2 Å². The lowest BCUT2D eigenvalue weighted by atomic mass is 9.94. The van der Waals surface area contributed by atoms with Gasteiger partial charge in [0.25, 0.3) is 0 Å². The normalized spacial score (nSPS) is 20.0. The zero-order chi connectivity index (χ0) is 24.2. The van der Waals surface area contributed by atoms with Crippen molar-refractivity contribution in [2.24, 2.45) is 5.92 Å². The highest BCUT2D eigenvalue weighted by Gasteiger charge is 2.35. The fraction of sp³-hybridized carbons (Fsp3) is 0.333. The summed E-state index contributed by atoms with van der Waals surface area (Å²) in [6, 6.07) is 9.57. The molecule has 7 heteroatoms. The molecule has 0 aromatic heterocycles. The van der Waals surface area contributed by atoms with Crippen LogP contribution in [0.1, 0.15) is 29.2 Å². The third-order valence-electron chi connectivity index (χ3n) is 6.01. The van der Waals surface area contributed by atoms with Gasteiger partial charge in [-0.25, -0.2) is 0 Å². The Hall–Kier alpha value is -3.74. The molecule has 0 bridgehead atoms. The fourth-order valence-electron chi connectivity index (χ4n) is 4.31. The molecule has 4 rings (SSSR count). The van der Waals surface area contributed by atoms with Crippen molar-refractivity contribution < 1.29 is 33.2 Å². The van der Waals surface area contributed by atoms with Crippen LogP contribution in [0.5, 0.6) is 23.0 Å². The van der Waals surface area contributed by atoms with Crippen molar-refractivity contribution in [3.63, 3.8) is 0 Å². The van der Waals surface area contributed by atoms with Crippen LogP contribution in [0.2, 0.25) is 0 Å². The Morgan fingerprint density at radius 2 is 1.38 bits per heavy atom. The van der Waals surface area contributed by atoms with E-state index in [1.54, 1.807) is 42.7 Å². The van der Waals surface area contributed by atoms with Crippen molar-refractivity contribution in [3.05, 3.63) is 76.8 Å². The SMILES string of the molecule is COC1=CCC(/C=C2/OC(c3cc(OC)cc(OC)c3)c3c(OC)cc(OC)cc32)C=C1OC. The predicted molar refractivity (Wildman–Crippen MR) is 128 cm³/mol. The molecule has 1 heterocycles. The van der Waals surface area contributed by atoms with Crippen molar-refractivity contribution in [1.82, 2.24) is 0 Å². The first-order valence-corrected chi connectivity index (χ1v) is 10.9. The Morgan fingerprint density at radius 1 is 0.735 bits per heavy atom. The van der Waals surface area contributed by atoms with E-state index in [4.69, 9.17) is 33.2 Å². The molecular weight excluding hydrogens is 436 g/mol. The Kier molecular flexibility index (Phi) is 6.91. The molecule has 180 valence electrons. The van der Waals surface area contributed by atoms with E-state index in [2.05, 4.69) is 6.08 Å². The van der Waals surface area contributed by atoms with Gasteiger partial charge in [-0.1, -0.05) is 0 Å². The molecular formula is C27H30O7. The van der Waals surface area contributed by atoms with Gasteiger partial charge in [0.1, 0.15) is 28.8 Å². The van der Waals surface area contributed by atoms with Crippen LogP contribution < -0.4 is 18.9 Å². The second kappa shape index (κ2) is 10.0. The molecule has 2 unspecified atom stereocenters. The number of ether oxygens (including phenoxy) is 7. The zero-order valence-electron chi connectivity index (χ0n) is 20.3. The molecule has 0 radical (unpaired) electrons. The number of rotatable bonds is 8. The zero-order valence-corrected chi connectivity index (χ0v) is 20.3. The number of hydrogen-bond donors (Lipinski definition) is 0. The predicted octanol–water partition coefficient (Wildman–Crippen LogP) is 5.26. The molecule has 2 atom stereocenters. The smallest absolute Gasteiger partial charge is 0.157 e. The molecule has 1 aliphatic carbocycles. The molecule has 0 fully saturated rings. The summed E-state index contributed by atoms with van der Waals surface area (Å²) in [4.78, 5) is 0. The second-order valence-electron chi connectivity index (χ2n) is 7.87. The minimum Gasteiger partial charge on any atom is -0.497 e. The molecule has 0 saturated heterocycles. The summed E-state index contributed by atoms with van der Waals surface area (Å²) in [7, 11) is 9.81. The van der Waals surface area contributed by atoms with Gasteiger partial charge >= 0.3 is 0 Å². The van der Waals surface area contributed by atoms with Crippen LogP contribution in [0, 0.1) is 5.92 Å². The van der Waals surface area contributed by atoms with Crippen molar-refractivity contribution in [2.75, 3.05) is 42.7 Å². The molecule has 2 aromatic carbocycles. The number of methoxy groups -OCH3 is 6. The Bertz CT molecular complexity index is 1120. The van der Waals surface area contributed by atoms with E-state index in [0.717, 1.165) is 34.6 Å². The van der Waals surface area contributed by atoms with E-state index in [1.165, 1.54) is 0 Å². The Balaban J connectivity index is 1.83. The second-order valence-corrected chi connectivity index (χ2v) is 7.87. The van der Waals surface area contributed by atoms with Gasteiger partial charge in [0.05, 0.1) is 48.2 Å². The molecule has 0 spiro atoms. The maximum atomic E-state index is 6.58. The minimum atomic E-state index is -0.411. The van der Waals surface area contributed by atoms with Crippen molar-refractivity contribution >= 4 is 5.76 Å². The topological polar surface area (TPSA) is 64.6 Å². The van der Waals surface area contributed by atoms with Crippen molar-refractivity contribution in [1.29, 1.82) is 0 Å². The van der Waals surface area contributed by atoms with Crippen LogP contribution in [0.3, 0.4) is 0 Å². The third kappa shape index (κ3) is 4.38. The first kappa shape index (κ1) is 23.4. The van der Waals surface area contributed by atoms with E-state index in [1.807, 2.05) is 42.5 Å². The lowest BCUT2D eigenvalue weighted by molar-refractivity contribution is 0.212. The average Bonchev–Trinajstić information content (AvgIpc) is 3.25. The summed E-state index contributed by atoms with van der Waals surface area (Å²) in [6.07, 6.45) is 6.50. The maximum absolute atomic E-state index is 6.58. The van der Waals surface area contributed by atoms with Gasteiger partial charge in [-0.05, 0) is 42.8 Å². The molecule has 0 amide bonds. The summed E-state index contributed by atoms with van der Waals surface area (Å²) in [5.41, 5.74) is 2.73. The number of allylic oxidation sites excluding steroid dienone is 3. The van der Waals surface area contributed by atoms with Crippen LogP contribution >= 0.6 is 0 Å². The van der Waals surface area contributed by atoms with Crippen molar-refractivity contribution in [3.8, 4) is 23.0 Å². The van der Waals surface area contributed by atoms with Crippen LogP contribution in [0.25, 0.3) is 5.76 Å². The standard InChI is InChI=1S/C27H30O7/c1-28-18-11-17(12-19(13-18)29-2)27-26-21(14-20(30-3)15-25(26)33-6)23(34-27)9-16-7-8-22(31-4)24(10-16)32-5/h8-16,27H,7H2,1-6H3/b23-9+. The first-order valence-electron chi connectivity index (χ1n) is 10.9. The van der Waals surface area contributed by atoms with E-state index in [-0.39, 0.29) is 5.92 Å². The molecule has 0 saturated carbocycles. The van der Waals surface area contributed by atoms with Gasteiger partial charge in [0.15, 0.2) is 17.6 Å². The summed E-state index contributed by atoms with van der Waals surface area (Å²) >= 11 is 0. The quantitative estimate of drug-likeness (QED) is 0.526. The van der Waals surface area contributed by atoms with Gasteiger partial charge in [0, 0.05) is 29.2 Å². The Labute approximate surface area is 200 Å². The van der Waals surface area contributed by atoms with Crippen LogP contribution in [-0.2, 0) is 14.2 Å². The van der Waals surface area contributed by atoms with E-state index in [9.17, 15) is 0 Å². The highest BCUT2D eigenvalue weighted by molar-refractivity contribution is 5.74. The van der Waals surface area contributed by atoms with Crippen molar-refractivity contribution in [2.45, 2.75) is 12.5 Å². The lowest BCUT2D eigenvalue weighted by Crippen LogP contribution is -2.06. The molecule has 34 heavy (non-hydrogen) atoms. The molecule has 0 N–H and O–H groups in total. The molecule has 2 aliphatic rings. The Morgan fingerprint density at radius 3 is 1.97 bits per heavy atom. The van der Waals surface area contributed by atoms with E-state index < -0.39 is 6.10 Å². The highest BCUT2D eigenvalue weighted by Crippen LogP contribution is 2.50. The van der Waals surface area contributed by atoms with Gasteiger partial charge in [0.2, 0.25) is 0 Å². The maximum Gasteiger partial charge on any atom is 0.157 e. The average molecular weight is 467 g/mol. The van der Waals surface area contributed by atoms with Gasteiger partial charge in [-0.2, -0.15) is 0 Å². The largest absolute Gasteiger partial charge is 0.497 e. The lowest BCUT2D eigenvalue weighted by Gasteiger charge is -2.19. The van der Waals surface area contributed by atoms with Crippen LogP contribution in [0.4, 0.5) is 0 Å². The van der Waals surface area contributed by atoms with Gasteiger partial charge in [-0.3, -0.25) is 0 Å². The first-order chi connectivity index (χ1) is 16.5. The molecule has 7 nitrogen and oxygen atoms in total. The number of hydrogen-bond acceptors (Lipinski definition) is 7. The summed E-state index contributed by atoms with van der Waals surface area (Å²) in [5, 5.41) is 0. The molecule has 2 aromatic rings. The minimum absolute atomic E-state index is 0.0625. The van der Waals surface area contributed by atoms with E-state index >= 15 is 0 Å². The summed E-state index contributed by atoms with van der Waals surface area (Å²) in [5.74, 6) is 4.97. The van der Waals surface area contributed by atoms with Crippen LogP contribution in [-0.4, -0.2) is 42.7 Å². The molecule has 1 aliphatic heterocycles. The highest BCUT2D eigenvalue weighted by atomic mass is 16.5. The fourth-order valence-corrected chi connectivity index (χ4v) is 4.31. The van der Waals surface area contributed by atoms with Gasteiger partial charge in [-0.15, -0.1) is 0 Å². The third-order valence-corrected chi connectivity index (χ3v) is 6.01. The summed E-state index contributed by atoms with van der Waals surface area (Å²) < 4.78 is 39.8. The van der Waals surface area contributed by atoms with E-state index in [0.29, 0.717) is 28.8 Å². The monoisotopic (exact) mass is 466 g/mol. The number of fused-ring (bicyclic) bond motifs is 1.